The lowest BCUT2D eigenvalue weighted by Crippen LogP contribution is -2.39. The largest absolute Gasteiger partial charge is 0.497 e. The molecule has 0 saturated heterocycles. The lowest BCUT2D eigenvalue weighted by molar-refractivity contribution is -0.121. The third kappa shape index (κ3) is 6.96. The van der Waals surface area contributed by atoms with Crippen molar-refractivity contribution >= 4 is 22.1 Å². The summed E-state index contributed by atoms with van der Waals surface area (Å²) in [5.74, 6) is 0.574. The van der Waals surface area contributed by atoms with Crippen molar-refractivity contribution < 1.29 is 22.7 Å². The van der Waals surface area contributed by atoms with Crippen LogP contribution in [0.15, 0.2) is 64.6 Å². The molecule has 196 valence electrons. The summed E-state index contributed by atoms with van der Waals surface area (Å²) in [6, 6.07) is 16.4. The van der Waals surface area contributed by atoms with Crippen molar-refractivity contribution in [2.24, 2.45) is 5.10 Å². The minimum Gasteiger partial charge on any atom is -0.497 e. The van der Waals surface area contributed by atoms with Crippen LogP contribution in [0.3, 0.4) is 0 Å². The minimum atomic E-state index is -3.99. The van der Waals surface area contributed by atoms with Crippen LogP contribution in [0.25, 0.3) is 0 Å². The van der Waals surface area contributed by atoms with E-state index in [1.165, 1.54) is 17.6 Å². The number of nitrogens with one attached hydrogen (secondary N) is 1. The van der Waals surface area contributed by atoms with Crippen molar-refractivity contribution in [1.29, 1.82) is 0 Å². The third-order valence-corrected chi connectivity index (χ3v) is 7.93. The number of hydrogen-bond donors (Lipinski definition) is 1. The fraction of sp³-hybridized carbons (Fsp3) is 0.286. The number of benzene rings is 3. The van der Waals surface area contributed by atoms with Crippen LogP contribution < -0.4 is 14.9 Å². The summed E-state index contributed by atoms with van der Waals surface area (Å²) in [7, 11) is -0.916. The van der Waals surface area contributed by atoms with Crippen molar-refractivity contribution in [3.05, 3.63) is 88.0 Å². The molecule has 37 heavy (non-hydrogen) atoms. The van der Waals surface area contributed by atoms with Gasteiger partial charge in [-0.1, -0.05) is 47.5 Å². The molecule has 0 heterocycles. The Morgan fingerprint density at radius 3 is 2.16 bits per heavy atom. The highest BCUT2D eigenvalue weighted by Gasteiger charge is 2.30. The zero-order valence-corrected chi connectivity index (χ0v) is 22.8. The van der Waals surface area contributed by atoms with E-state index < -0.39 is 22.5 Å². The Morgan fingerprint density at radius 1 is 0.919 bits per heavy atom. The Bertz CT molecular complexity index is 1380. The van der Waals surface area contributed by atoms with Gasteiger partial charge in [0.15, 0.2) is 0 Å². The summed E-state index contributed by atoms with van der Waals surface area (Å²) in [5, 5.41) is 4.01. The van der Waals surface area contributed by atoms with Crippen LogP contribution in [0.4, 0.5) is 0 Å². The number of methoxy groups -OCH3 is 2. The van der Waals surface area contributed by atoms with Crippen LogP contribution in [-0.2, 0) is 21.4 Å². The van der Waals surface area contributed by atoms with Gasteiger partial charge in [-0.05, 0) is 56.5 Å². The molecule has 1 amide bonds. The smallest absolute Gasteiger partial charge is 0.255 e. The van der Waals surface area contributed by atoms with E-state index in [4.69, 9.17) is 9.47 Å². The predicted molar refractivity (Wildman–Crippen MR) is 145 cm³/mol. The normalized spacial score (nSPS) is 11.6. The Balaban J connectivity index is 1.86. The average Bonchev–Trinajstić information content (AvgIpc) is 2.84. The van der Waals surface area contributed by atoms with Gasteiger partial charge in [0.2, 0.25) is 10.0 Å². The van der Waals surface area contributed by atoms with Gasteiger partial charge in [0.1, 0.15) is 11.5 Å². The highest BCUT2D eigenvalue weighted by molar-refractivity contribution is 7.89. The second-order valence-corrected chi connectivity index (χ2v) is 10.8. The van der Waals surface area contributed by atoms with Crippen LogP contribution in [0, 0.1) is 27.7 Å². The molecular weight excluding hydrogens is 490 g/mol. The van der Waals surface area contributed by atoms with Crippen LogP contribution in [-0.4, -0.2) is 45.6 Å². The number of rotatable bonds is 10. The minimum absolute atomic E-state index is 0.0405. The van der Waals surface area contributed by atoms with Crippen molar-refractivity contribution in [3.8, 4) is 11.5 Å². The SMILES string of the molecule is COc1ccc(/C=N/NC(=O)CN(Cc2ccc(C)cc2)S(=O)(=O)c2c(C)cc(C)cc2C)c(OC)c1. The van der Waals surface area contributed by atoms with E-state index in [9.17, 15) is 13.2 Å². The molecule has 3 aromatic rings. The van der Waals surface area contributed by atoms with Crippen molar-refractivity contribution in [2.45, 2.75) is 39.1 Å². The molecule has 0 bridgehead atoms. The first kappa shape index (κ1) is 27.9. The van der Waals surface area contributed by atoms with E-state index in [0.717, 1.165) is 16.7 Å². The van der Waals surface area contributed by atoms with Gasteiger partial charge in [0.25, 0.3) is 5.91 Å². The molecule has 0 aliphatic rings. The topological polar surface area (TPSA) is 97.3 Å². The van der Waals surface area contributed by atoms with Gasteiger partial charge in [-0.15, -0.1) is 0 Å². The highest BCUT2D eigenvalue weighted by atomic mass is 32.2. The molecule has 0 unspecified atom stereocenters. The van der Waals surface area contributed by atoms with E-state index >= 15 is 0 Å². The summed E-state index contributed by atoms with van der Waals surface area (Å²) in [4.78, 5) is 13.1. The van der Waals surface area contributed by atoms with Crippen LogP contribution >= 0.6 is 0 Å². The average molecular weight is 524 g/mol. The molecule has 0 spiro atoms. The number of aryl methyl sites for hydroxylation is 4. The third-order valence-electron chi connectivity index (χ3n) is 5.84. The second kappa shape index (κ2) is 12.0. The zero-order chi connectivity index (χ0) is 27.2. The summed E-state index contributed by atoms with van der Waals surface area (Å²) in [5.41, 5.74) is 7.14. The van der Waals surface area contributed by atoms with Crippen LogP contribution in [0.2, 0.25) is 0 Å². The van der Waals surface area contributed by atoms with E-state index in [0.29, 0.717) is 28.2 Å². The monoisotopic (exact) mass is 523 g/mol. The number of hydrazone groups is 1. The molecule has 0 aliphatic carbocycles. The van der Waals surface area contributed by atoms with Gasteiger partial charge in [0, 0.05) is 18.2 Å². The number of carbonyl (C=O) groups is 1. The number of carbonyl (C=O) groups excluding carboxylic acids is 1. The number of nitrogens with zero attached hydrogens (tertiary/aromatic N) is 2. The molecule has 0 saturated carbocycles. The molecular formula is C28H33N3O5S. The fourth-order valence-corrected chi connectivity index (χ4v) is 5.92. The van der Waals surface area contributed by atoms with Crippen LogP contribution in [0.5, 0.6) is 11.5 Å². The van der Waals surface area contributed by atoms with Gasteiger partial charge in [-0.2, -0.15) is 9.41 Å². The molecule has 0 fully saturated rings. The standard InChI is InChI=1S/C28H33N3O5S/c1-19-7-9-23(10-8-19)17-31(37(33,34)28-21(3)13-20(2)14-22(28)4)18-27(32)30-29-16-24-11-12-25(35-5)15-26(24)36-6/h7-16H,17-18H2,1-6H3,(H,30,32)/b29-16+. The van der Waals surface area contributed by atoms with Gasteiger partial charge in [-0.3, -0.25) is 4.79 Å². The van der Waals surface area contributed by atoms with Crippen molar-refractivity contribution in [3.63, 3.8) is 0 Å². The molecule has 9 heteroatoms. The number of hydrogen-bond acceptors (Lipinski definition) is 6. The molecule has 8 nitrogen and oxygen atoms in total. The first-order valence-corrected chi connectivity index (χ1v) is 13.2. The molecule has 0 aromatic heterocycles. The summed E-state index contributed by atoms with van der Waals surface area (Å²) >= 11 is 0. The van der Waals surface area contributed by atoms with Gasteiger partial charge in [0.05, 0.1) is 31.9 Å². The van der Waals surface area contributed by atoms with Gasteiger partial charge >= 0.3 is 0 Å². The maximum absolute atomic E-state index is 13.8. The molecule has 3 rings (SSSR count). The van der Waals surface area contributed by atoms with Crippen molar-refractivity contribution in [2.75, 3.05) is 20.8 Å². The highest BCUT2D eigenvalue weighted by Crippen LogP contribution is 2.27. The van der Waals surface area contributed by atoms with E-state index in [1.807, 2.05) is 50.2 Å². The first-order chi connectivity index (χ1) is 17.5. The Labute approximate surface area is 219 Å². The Kier molecular flexibility index (Phi) is 9.07. The number of sulfonamides is 1. The lowest BCUT2D eigenvalue weighted by Gasteiger charge is -2.24. The number of amides is 1. The van der Waals surface area contributed by atoms with E-state index in [2.05, 4.69) is 10.5 Å². The molecule has 0 atom stereocenters. The van der Waals surface area contributed by atoms with Crippen LogP contribution in [0.1, 0.15) is 33.4 Å². The van der Waals surface area contributed by atoms with Crippen molar-refractivity contribution in [1.82, 2.24) is 9.73 Å². The number of ether oxygens (including phenoxy) is 2. The maximum atomic E-state index is 13.8. The lowest BCUT2D eigenvalue weighted by atomic mass is 10.1. The quantitative estimate of drug-likeness (QED) is 0.316. The van der Waals surface area contributed by atoms with E-state index in [-0.39, 0.29) is 11.4 Å². The maximum Gasteiger partial charge on any atom is 0.255 e. The van der Waals surface area contributed by atoms with E-state index in [1.54, 1.807) is 39.2 Å². The predicted octanol–water partition coefficient (Wildman–Crippen LogP) is 4.28. The molecule has 0 radical (unpaired) electrons. The Hall–Kier alpha value is -3.69. The molecule has 0 aliphatic heterocycles. The molecule has 1 N–H and O–H groups in total. The fourth-order valence-electron chi connectivity index (χ4n) is 4.12. The molecule has 3 aromatic carbocycles. The first-order valence-electron chi connectivity index (χ1n) is 11.7. The summed E-state index contributed by atoms with van der Waals surface area (Å²) < 4.78 is 39.3. The summed E-state index contributed by atoms with van der Waals surface area (Å²) in [6.45, 7) is 7.05. The second-order valence-electron chi connectivity index (χ2n) is 8.89. The Morgan fingerprint density at radius 2 is 1.57 bits per heavy atom. The van der Waals surface area contributed by atoms with Gasteiger partial charge in [-0.25, -0.2) is 13.8 Å². The van der Waals surface area contributed by atoms with Gasteiger partial charge < -0.3 is 9.47 Å². The zero-order valence-electron chi connectivity index (χ0n) is 22.0. The summed E-state index contributed by atoms with van der Waals surface area (Å²) in [6.07, 6.45) is 1.43.